The number of amides is 1. The first-order chi connectivity index (χ1) is 18.4. The maximum atomic E-state index is 13.6. The van der Waals surface area contributed by atoms with Gasteiger partial charge in [-0.25, -0.2) is 14.4 Å². The van der Waals surface area contributed by atoms with Crippen LogP contribution in [-0.2, 0) is 9.53 Å². The molecular weight excluding hydrogens is 509 g/mol. The fourth-order valence-electron chi connectivity index (χ4n) is 4.48. The molecule has 1 aliphatic carbocycles. The zero-order valence-corrected chi connectivity index (χ0v) is 22.0. The molecule has 5 rings (SSSR count). The van der Waals surface area contributed by atoms with E-state index in [1.165, 1.54) is 24.5 Å². The predicted molar refractivity (Wildman–Crippen MR) is 147 cm³/mol. The van der Waals surface area contributed by atoms with Crippen LogP contribution in [0.5, 0.6) is 5.75 Å². The summed E-state index contributed by atoms with van der Waals surface area (Å²) in [4.78, 5) is 23.7. The van der Waals surface area contributed by atoms with Gasteiger partial charge in [0, 0.05) is 42.9 Å². The highest BCUT2D eigenvalue weighted by Crippen LogP contribution is 2.36. The third kappa shape index (κ3) is 6.59. The smallest absolute Gasteiger partial charge is 0.248 e. The molecule has 200 valence electrons. The maximum absolute atomic E-state index is 13.6. The summed E-state index contributed by atoms with van der Waals surface area (Å²) in [7, 11) is 2.01. The predicted octanol–water partition coefficient (Wildman–Crippen LogP) is 5.70. The van der Waals surface area contributed by atoms with Gasteiger partial charge in [0.2, 0.25) is 5.91 Å². The number of ether oxygens (including phenoxy) is 2. The molecule has 38 heavy (non-hydrogen) atoms. The molecule has 1 saturated heterocycles. The first kappa shape index (κ1) is 26.3. The Balaban J connectivity index is 1.34. The Morgan fingerprint density at radius 2 is 2.11 bits per heavy atom. The minimum absolute atomic E-state index is 0.00528. The van der Waals surface area contributed by atoms with Crippen molar-refractivity contribution in [1.82, 2.24) is 14.9 Å². The normalized spacial score (nSPS) is 17.7. The van der Waals surface area contributed by atoms with Crippen molar-refractivity contribution in [3.63, 3.8) is 0 Å². The van der Waals surface area contributed by atoms with Gasteiger partial charge in [0.25, 0.3) is 0 Å². The van der Waals surface area contributed by atoms with Gasteiger partial charge in [0.05, 0.1) is 28.4 Å². The number of halogens is 2. The summed E-state index contributed by atoms with van der Waals surface area (Å²) >= 11 is 5.95. The molecule has 0 unspecified atom stereocenters. The fraction of sp³-hybridized carbons (Fsp3) is 0.393. The van der Waals surface area contributed by atoms with Gasteiger partial charge in [-0.2, -0.15) is 0 Å². The van der Waals surface area contributed by atoms with Crippen LogP contribution in [0.15, 0.2) is 48.8 Å². The van der Waals surface area contributed by atoms with Gasteiger partial charge >= 0.3 is 0 Å². The number of carbonyl (C=O) groups excluding carboxylic acids is 1. The Bertz CT molecular complexity index is 1330. The molecule has 0 bridgehead atoms. The molecule has 1 aliphatic heterocycles. The lowest BCUT2D eigenvalue weighted by atomic mass is 9.96. The van der Waals surface area contributed by atoms with E-state index in [-0.39, 0.29) is 23.1 Å². The number of likely N-dealkylation sites (N-methyl/N-ethyl adjacent to an activating group) is 1. The number of anilines is 3. The van der Waals surface area contributed by atoms with Crippen molar-refractivity contribution in [3.05, 3.63) is 59.7 Å². The number of fused-ring (bicyclic) bond motifs is 1. The van der Waals surface area contributed by atoms with Crippen LogP contribution in [0.1, 0.15) is 32.1 Å². The van der Waals surface area contributed by atoms with Crippen LogP contribution < -0.4 is 15.4 Å². The number of rotatable bonds is 10. The van der Waals surface area contributed by atoms with Crippen molar-refractivity contribution < 1.29 is 18.7 Å². The van der Waals surface area contributed by atoms with Crippen LogP contribution in [0.4, 0.5) is 21.6 Å². The lowest BCUT2D eigenvalue weighted by Crippen LogP contribution is -2.29. The molecule has 2 aliphatic rings. The highest BCUT2D eigenvalue weighted by molar-refractivity contribution is 6.31. The second-order valence-electron chi connectivity index (χ2n) is 9.76. The third-order valence-corrected chi connectivity index (χ3v) is 7.04. The van der Waals surface area contributed by atoms with Crippen molar-refractivity contribution >= 4 is 45.6 Å². The Kier molecular flexibility index (Phi) is 8.36. The summed E-state index contributed by atoms with van der Waals surface area (Å²) in [6, 6.07) is 7.96. The van der Waals surface area contributed by atoms with Gasteiger partial charge in [-0.05, 0) is 63.4 Å². The number of hydrogen-bond donors (Lipinski definition) is 2. The average Bonchev–Trinajstić information content (AvgIpc) is 3.37. The second kappa shape index (κ2) is 12.1. The van der Waals surface area contributed by atoms with E-state index >= 15 is 0 Å². The molecule has 1 amide bonds. The van der Waals surface area contributed by atoms with Gasteiger partial charge in [-0.3, -0.25) is 4.79 Å². The van der Waals surface area contributed by atoms with E-state index in [2.05, 4.69) is 25.5 Å². The van der Waals surface area contributed by atoms with E-state index in [9.17, 15) is 9.18 Å². The minimum atomic E-state index is -0.501. The van der Waals surface area contributed by atoms with Crippen molar-refractivity contribution in [2.24, 2.45) is 0 Å². The van der Waals surface area contributed by atoms with E-state index in [4.69, 9.17) is 21.1 Å². The number of benzene rings is 2. The standard InChI is InChI=1S/C28H31ClFN5O3/c1-35(16-20-7-4-12-37-20)11-3-8-27(36)34-25-14-21-24(15-26(25)38-19-5-2-6-19)31-17-32-28(21)33-18-9-10-23(30)22(29)13-18/h3,8-10,13-15,17,19-20H,2,4-7,11-12,16H2,1H3,(H,34,36)(H,31,32,33)/t20-/m1/s1. The summed E-state index contributed by atoms with van der Waals surface area (Å²) in [5.74, 6) is 0.298. The topological polar surface area (TPSA) is 88.6 Å². The second-order valence-corrected chi connectivity index (χ2v) is 10.2. The van der Waals surface area contributed by atoms with E-state index < -0.39 is 5.82 Å². The number of carbonyl (C=O) groups is 1. The molecular formula is C28H31ClFN5O3. The SMILES string of the molecule is CN(CC=CC(=O)Nc1cc2c(Nc3ccc(F)c(Cl)c3)ncnc2cc1OC1CCC1)C[C@H]1CCCO1. The number of aromatic nitrogens is 2. The number of hydrogen-bond acceptors (Lipinski definition) is 7. The average molecular weight is 540 g/mol. The fourth-order valence-corrected chi connectivity index (χ4v) is 4.66. The Morgan fingerprint density at radius 3 is 2.84 bits per heavy atom. The van der Waals surface area contributed by atoms with E-state index in [1.807, 2.05) is 19.2 Å². The largest absolute Gasteiger partial charge is 0.488 e. The first-order valence-electron chi connectivity index (χ1n) is 12.9. The molecule has 3 aromatic rings. The lowest BCUT2D eigenvalue weighted by molar-refractivity contribution is -0.111. The minimum Gasteiger partial charge on any atom is -0.488 e. The number of nitrogens with one attached hydrogen (secondary N) is 2. The summed E-state index contributed by atoms with van der Waals surface area (Å²) in [6.07, 6.45) is 10.5. The number of nitrogens with zero attached hydrogens (tertiary/aromatic N) is 3. The van der Waals surface area contributed by atoms with Crippen LogP contribution in [0.25, 0.3) is 10.9 Å². The Labute approximate surface area is 226 Å². The molecule has 1 atom stereocenters. The molecule has 2 N–H and O–H groups in total. The van der Waals surface area contributed by atoms with Gasteiger partial charge in [0.15, 0.2) is 0 Å². The van der Waals surface area contributed by atoms with Crippen LogP contribution in [0.3, 0.4) is 0 Å². The molecule has 0 radical (unpaired) electrons. The highest BCUT2D eigenvalue weighted by Gasteiger charge is 2.22. The molecule has 8 nitrogen and oxygen atoms in total. The third-order valence-electron chi connectivity index (χ3n) is 6.75. The molecule has 1 aromatic heterocycles. The molecule has 2 heterocycles. The molecule has 10 heteroatoms. The van der Waals surface area contributed by atoms with Crippen LogP contribution in [-0.4, -0.2) is 59.7 Å². The van der Waals surface area contributed by atoms with Gasteiger partial charge < -0.3 is 25.0 Å². The molecule has 1 saturated carbocycles. The Hall–Kier alpha value is -3.27. The van der Waals surface area contributed by atoms with Crippen molar-refractivity contribution in [2.45, 2.75) is 44.3 Å². The first-order valence-corrected chi connectivity index (χ1v) is 13.3. The van der Waals surface area contributed by atoms with E-state index in [0.29, 0.717) is 40.4 Å². The monoisotopic (exact) mass is 539 g/mol. The van der Waals surface area contributed by atoms with Crippen molar-refractivity contribution in [2.75, 3.05) is 37.4 Å². The van der Waals surface area contributed by atoms with Crippen LogP contribution in [0.2, 0.25) is 5.02 Å². The van der Waals surface area contributed by atoms with Crippen LogP contribution >= 0.6 is 11.6 Å². The molecule has 2 fully saturated rings. The van der Waals surface area contributed by atoms with E-state index in [1.54, 1.807) is 12.1 Å². The highest BCUT2D eigenvalue weighted by atomic mass is 35.5. The maximum Gasteiger partial charge on any atom is 0.248 e. The van der Waals surface area contributed by atoms with Gasteiger partial charge in [-0.15, -0.1) is 0 Å². The molecule has 2 aromatic carbocycles. The zero-order chi connectivity index (χ0) is 26.5. The summed E-state index contributed by atoms with van der Waals surface area (Å²) in [5.41, 5.74) is 1.75. The van der Waals surface area contributed by atoms with Crippen molar-refractivity contribution in [3.8, 4) is 5.75 Å². The van der Waals surface area contributed by atoms with Crippen LogP contribution in [0, 0.1) is 5.82 Å². The van der Waals surface area contributed by atoms with Crippen molar-refractivity contribution in [1.29, 1.82) is 0 Å². The molecule has 0 spiro atoms. The van der Waals surface area contributed by atoms with Gasteiger partial charge in [-0.1, -0.05) is 17.7 Å². The van der Waals surface area contributed by atoms with Gasteiger partial charge in [0.1, 0.15) is 23.7 Å². The summed E-state index contributed by atoms with van der Waals surface area (Å²) in [6.45, 7) is 2.30. The zero-order valence-electron chi connectivity index (χ0n) is 21.3. The quantitative estimate of drug-likeness (QED) is 0.319. The lowest BCUT2D eigenvalue weighted by Gasteiger charge is -2.27. The van der Waals surface area contributed by atoms with E-state index in [0.717, 1.165) is 45.3 Å². The summed E-state index contributed by atoms with van der Waals surface area (Å²) < 4.78 is 25.5. The summed E-state index contributed by atoms with van der Waals surface area (Å²) in [5, 5.41) is 6.81. The Morgan fingerprint density at radius 1 is 1.24 bits per heavy atom.